The molecule has 0 aliphatic heterocycles. The van der Waals surface area contributed by atoms with Gasteiger partial charge in [-0.05, 0) is 24.7 Å². The van der Waals surface area contributed by atoms with Gasteiger partial charge in [0.25, 0.3) is 11.8 Å². The molecule has 2 unspecified atom stereocenters. The van der Waals surface area contributed by atoms with Gasteiger partial charge in [-0.1, -0.05) is 27.7 Å². The van der Waals surface area contributed by atoms with E-state index >= 15 is 0 Å². The molecule has 0 spiro atoms. The minimum atomic E-state index is -6.62. The van der Waals surface area contributed by atoms with Crippen LogP contribution in [0.3, 0.4) is 0 Å². The maximum atomic E-state index is 14.0. The van der Waals surface area contributed by atoms with Crippen LogP contribution in [-0.4, -0.2) is 63.8 Å². The first-order valence-electron chi connectivity index (χ1n) is 8.99. The summed E-state index contributed by atoms with van der Waals surface area (Å²) >= 11 is 0. The van der Waals surface area contributed by atoms with E-state index in [1.165, 1.54) is 27.7 Å². The lowest BCUT2D eigenvalue weighted by Crippen LogP contribution is -2.67. The molecule has 0 aromatic heterocycles. The molecule has 0 aliphatic rings. The second kappa shape index (κ2) is 10.2. The fraction of sp³-hybridized carbons (Fsp3) is 0.765. The fourth-order valence-corrected chi connectivity index (χ4v) is 2.37. The maximum absolute atomic E-state index is 14.0. The third-order valence-corrected chi connectivity index (χ3v) is 3.98. The normalized spacial score (nSPS) is 14.8. The average Bonchev–Trinajstić information content (AvgIpc) is 2.58. The van der Waals surface area contributed by atoms with Gasteiger partial charge in [0.05, 0.1) is 0 Å². The molecule has 0 rings (SSSR count). The van der Waals surface area contributed by atoms with Crippen LogP contribution in [0.2, 0.25) is 0 Å². The summed E-state index contributed by atoms with van der Waals surface area (Å²) in [5, 5.41) is 19.9. The lowest BCUT2D eigenvalue weighted by Gasteiger charge is -2.32. The van der Waals surface area contributed by atoms with Crippen LogP contribution < -0.4 is 10.6 Å². The Morgan fingerprint density at radius 2 is 0.935 bits per heavy atom. The van der Waals surface area contributed by atoms with Gasteiger partial charge in [-0.3, -0.25) is 9.59 Å². The minimum Gasteiger partial charge on any atom is -0.480 e. The number of carboxylic acid groups (broad SMARTS) is 2. The van der Waals surface area contributed by atoms with Crippen LogP contribution in [0, 0.1) is 11.8 Å². The van der Waals surface area contributed by atoms with Gasteiger partial charge in [0.2, 0.25) is 0 Å². The summed E-state index contributed by atoms with van der Waals surface area (Å²) in [6.45, 7) is 5.68. The van der Waals surface area contributed by atoms with E-state index in [9.17, 15) is 45.5 Å². The molecule has 2 amide bonds. The third-order valence-electron chi connectivity index (χ3n) is 3.98. The molecule has 14 heteroatoms. The maximum Gasteiger partial charge on any atom is 0.393 e. The Labute approximate surface area is 173 Å². The second-order valence-electron chi connectivity index (χ2n) is 7.71. The van der Waals surface area contributed by atoms with E-state index in [0.29, 0.717) is 0 Å². The topological polar surface area (TPSA) is 133 Å². The first-order valence-corrected chi connectivity index (χ1v) is 8.99. The monoisotopic (exact) mass is 466 g/mol. The standard InChI is InChI=1S/C17H24F6N2O6/c1-7(2)5-9(11(26)27)24-13(30)15(18,19)17(22,23)16(20,21)14(31)25-10(12(28)29)6-8(3)4/h7-10H,5-6H2,1-4H3,(H,24,30)(H,25,31)(H,26,27)(H,28,29). The zero-order valence-electron chi connectivity index (χ0n) is 17.0. The highest BCUT2D eigenvalue weighted by Gasteiger charge is 2.78. The van der Waals surface area contributed by atoms with Crippen molar-refractivity contribution in [1.82, 2.24) is 10.6 Å². The molecule has 0 aromatic carbocycles. The van der Waals surface area contributed by atoms with Crippen molar-refractivity contribution in [1.29, 1.82) is 0 Å². The van der Waals surface area contributed by atoms with Gasteiger partial charge in [0, 0.05) is 0 Å². The Balaban J connectivity index is 5.79. The lowest BCUT2D eigenvalue weighted by molar-refractivity contribution is -0.287. The summed E-state index contributed by atoms with van der Waals surface area (Å²) in [5.41, 5.74) is 0. The molecule has 0 aromatic rings. The predicted molar refractivity (Wildman–Crippen MR) is 92.9 cm³/mol. The fourth-order valence-electron chi connectivity index (χ4n) is 2.37. The number of nitrogens with one attached hydrogen (secondary N) is 2. The van der Waals surface area contributed by atoms with Gasteiger partial charge in [0.15, 0.2) is 0 Å². The molecule has 0 fully saturated rings. The van der Waals surface area contributed by atoms with Crippen molar-refractivity contribution in [3.05, 3.63) is 0 Å². The first-order chi connectivity index (χ1) is 13.8. The number of halogens is 6. The number of rotatable bonds is 12. The average molecular weight is 466 g/mol. The summed E-state index contributed by atoms with van der Waals surface area (Å²) in [7, 11) is 0. The first kappa shape index (κ1) is 28.5. The predicted octanol–water partition coefficient (Wildman–Crippen LogP) is 2.12. The SMILES string of the molecule is CC(C)CC(NC(=O)C(F)(F)C(F)(F)C(F)(F)C(=O)NC(CC(C)C)C(=O)O)C(=O)O. The zero-order valence-corrected chi connectivity index (χ0v) is 17.0. The molecule has 0 aliphatic carbocycles. The van der Waals surface area contributed by atoms with E-state index in [-0.39, 0.29) is 0 Å². The van der Waals surface area contributed by atoms with Crippen LogP contribution in [-0.2, 0) is 19.2 Å². The van der Waals surface area contributed by atoms with E-state index in [0.717, 1.165) is 10.6 Å². The summed E-state index contributed by atoms with van der Waals surface area (Å²) in [5.74, 6) is -29.9. The summed E-state index contributed by atoms with van der Waals surface area (Å²) in [6.07, 6.45) is -0.954. The van der Waals surface area contributed by atoms with Crippen LogP contribution >= 0.6 is 0 Å². The van der Waals surface area contributed by atoms with Crippen molar-refractivity contribution in [2.45, 2.75) is 70.4 Å². The van der Waals surface area contributed by atoms with Crippen LogP contribution in [0.5, 0.6) is 0 Å². The van der Waals surface area contributed by atoms with Gasteiger partial charge >= 0.3 is 29.7 Å². The summed E-state index contributed by atoms with van der Waals surface area (Å²) in [6, 6.07) is -4.17. The Morgan fingerprint density at radius 3 is 1.13 bits per heavy atom. The molecule has 4 N–H and O–H groups in total. The quantitative estimate of drug-likeness (QED) is 0.326. The number of carboxylic acids is 2. The molecule has 0 saturated carbocycles. The summed E-state index contributed by atoms with van der Waals surface area (Å²) in [4.78, 5) is 45.2. The number of carbonyl (C=O) groups excluding carboxylic acids is 2. The molecule has 180 valence electrons. The largest absolute Gasteiger partial charge is 0.480 e. The number of amides is 2. The van der Waals surface area contributed by atoms with Gasteiger partial charge < -0.3 is 20.8 Å². The van der Waals surface area contributed by atoms with Crippen molar-refractivity contribution < 1.29 is 55.7 Å². The van der Waals surface area contributed by atoms with Crippen molar-refractivity contribution in [2.75, 3.05) is 0 Å². The molecule has 0 bridgehead atoms. The van der Waals surface area contributed by atoms with E-state index < -0.39 is 78.3 Å². The lowest BCUT2D eigenvalue weighted by atomic mass is 9.99. The number of hydrogen-bond donors (Lipinski definition) is 4. The second-order valence-corrected chi connectivity index (χ2v) is 7.71. The Morgan fingerprint density at radius 1 is 0.677 bits per heavy atom. The molecule has 0 radical (unpaired) electrons. The highest BCUT2D eigenvalue weighted by molar-refractivity contribution is 5.93. The van der Waals surface area contributed by atoms with Gasteiger partial charge in [-0.25, -0.2) is 9.59 Å². The summed E-state index contributed by atoms with van der Waals surface area (Å²) < 4.78 is 83.9. The Bertz CT molecular complexity index is 643. The van der Waals surface area contributed by atoms with Crippen LogP contribution in [0.15, 0.2) is 0 Å². The number of alkyl halides is 6. The molecular weight excluding hydrogens is 442 g/mol. The molecule has 0 saturated heterocycles. The third kappa shape index (κ3) is 6.72. The molecule has 8 nitrogen and oxygen atoms in total. The van der Waals surface area contributed by atoms with E-state index in [1.54, 1.807) is 0 Å². The van der Waals surface area contributed by atoms with Crippen LogP contribution in [0.25, 0.3) is 0 Å². The van der Waals surface area contributed by atoms with Crippen molar-refractivity contribution in [3.63, 3.8) is 0 Å². The van der Waals surface area contributed by atoms with Gasteiger partial charge in [-0.2, -0.15) is 26.3 Å². The Kier molecular flexibility index (Phi) is 9.34. The van der Waals surface area contributed by atoms with Crippen molar-refractivity contribution in [3.8, 4) is 0 Å². The molecular formula is C17H24F6N2O6. The number of carbonyl (C=O) groups is 4. The number of hydrogen-bond acceptors (Lipinski definition) is 4. The van der Waals surface area contributed by atoms with Crippen LogP contribution in [0.1, 0.15) is 40.5 Å². The molecule has 2 atom stereocenters. The van der Waals surface area contributed by atoms with Gasteiger partial charge in [0.1, 0.15) is 12.1 Å². The van der Waals surface area contributed by atoms with E-state index in [4.69, 9.17) is 10.2 Å². The van der Waals surface area contributed by atoms with Crippen molar-refractivity contribution >= 4 is 23.8 Å². The highest BCUT2D eigenvalue weighted by atomic mass is 19.3. The van der Waals surface area contributed by atoms with Crippen LogP contribution in [0.4, 0.5) is 26.3 Å². The van der Waals surface area contributed by atoms with E-state index in [1.807, 2.05) is 0 Å². The zero-order chi connectivity index (χ0) is 24.9. The highest BCUT2D eigenvalue weighted by Crippen LogP contribution is 2.46. The van der Waals surface area contributed by atoms with Gasteiger partial charge in [-0.15, -0.1) is 0 Å². The minimum absolute atomic E-state index is 0.477. The Hall–Kier alpha value is -2.54. The molecule has 31 heavy (non-hydrogen) atoms. The smallest absolute Gasteiger partial charge is 0.393 e. The molecule has 0 heterocycles. The van der Waals surface area contributed by atoms with Crippen molar-refractivity contribution in [2.24, 2.45) is 11.8 Å². The van der Waals surface area contributed by atoms with E-state index in [2.05, 4.69) is 0 Å². The number of aliphatic carboxylic acids is 2.